The van der Waals surface area contributed by atoms with Crippen LogP contribution in [-0.4, -0.2) is 37.6 Å². The summed E-state index contributed by atoms with van der Waals surface area (Å²) in [5.41, 5.74) is 10.1. The van der Waals surface area contributed by atoms with Gasteiger partial charge in [0, 0.05) is 18.7 Å². The van der Waals surface area contributed by atoms with Gasteiger partial charge in [-0.3, -0.25) is 4.79 Å². The molecule has 4 heteroatoms. The van der Waals surface area contributed by atoms with Crippen LogP contribution in [0, 0.1) is 5.41 Å². The number of carbonyl (C=O) groups is 1. The fourth-order valence-corrected chi connectivity index (χ4v) is 4.59. The number of para-hydroxylation sites is 1. The predicted octanol–water partition coefficient (Wildman–Crippen LogP) is 4.32. The lowest BCUT2D eigenvalue weighted by Gasteiger charge is -2.26. The van der Waals surface area contributed by atoms with Gasteiger partial charge < -0.3 is 15.4 Å². The first-order valence-corrected chi connectivity index (χ1v) is 10.9. The standard InChI is InChI=1S/C27H30N2O2/c1-31-25-10-6-5-9-24(25)23-13-11-22(12-14-23)19-27(26(28)30)16-18-29(20-27)17-15-21-7-3-2-4-8-21/h2-14H,15-20H2,1H3,(H2,28,30). The van der Waals surface area contributed by atoms with Gasteiger partial charge in [0.25, 0.3) is 0 Å². The quantitative estimate of drug-likeness (QED) is 0.597. The second-order valence-corrected chi connectivity index (χ2v) is 8.48. The summed E-state index contributed by atoms with van der Waals surface area (Å²) in [7, 11) is 1.69. The molecule has 160 valence electrons. The van der Waals surface area contributed by atoms with Crippen molar-refractivity contribution in [1.82, 2.24) is 4.90 Å². The Morgan fingerprint density at radius 1 is 0.968 bits per heavy atom. The lowest BCUT2D eigenvalue weighted by Crippen LogP contribution is -2.41. The number of nitrogens with two attached hydrogens (primary N) is 1. The van der Waals surface area contributed by atoms with E-state index in [9.17, 15) is 4.79 Å². The van der Waals surface area contributed by atoms with E-state index in [2.05, 4.69) is 59.5 Å². The van der Waals surface area contributed by atoms with Gasteiger partial charge in [-0.1, -0.05) is 72.8 Å². The summed E-state index contributed by atoms with van der Waals surface area (Å²) in [5.74, 6) is 0.664. The molecule has 4 nitrogen and oxygen atoms in total. The van der Waals surface area contributed by atoms with Crippen molar-refractivity contribution in [2.24, 2.45) is 11.1 Å². The third kappa shape index (κ3) is 4.80. The summed E-state index contributed by atoms with van der Waals surface area (Å²) in [5, 5.41) is 0. The van der Waals surface area contributed by atoms with E-state index in [1.54, 1.807) is 7.11 Å². The minimum absolute atomic E-state index is 0.191. The largest absolute Gasteiger partial charge is 0.496 e. The molecule has 1 amide bonds. The molecule has 1 unspecified atom stereocenters. The number of hydrogen-bond donors (Lipinski definition) is 1. The summed E-state index contributed by atoms with van der Waals surface area (Å²) >= 11 is 0. The Kier molecular flexibility index (Phi) is 6.38. The van der Waals surface area contributed by atoms with Gasteiger partial charge >= 0.3 is 0 Å². The Bertz CT molecular complexity index is 1020. The first-order valence-electron chi connectivity index (χ1n) is 10.9. The van der Waals surface area contributed by atoms with E-state index in [4.69, 9.17) is 10.5 Å². The van der Waals surface area contributed by atoms with Gasteiger partial charge in [-0.15, -0.1) is 0 Å². The first kappa shape index (κ1) is 21.1. The molecule has 1 atom stereocenters. The average molecular weight is 415 g/mol. The Balaban J connectivity index is 1.44. The fourth-order valence-electron chi connectivity index (χ4n) is 4.59. The maximum Gasteiger partial charge on any atom is 0.225 e. The highest BCUT2D eigenvalue weighted by Crippen LogP contribution is 2.35. The molecule has 3 aromatic rings. The summed E-state index contributed by atoms with van der Waals surface area (Å²) < 4.78 is 5.49. The van der Waals surface area contributed by atoms with E-state index >= 15 is 0 Å². The molecule has 0 spiro atoms. The van der Waals surface area contributed by atoms with Crippen LogP contribution in [0.1, 0.15) is 17.5 Å². The van der Waals surface area contributed by atoms with E-state index < -0.39 is 5.41 Å². The fraction of sp³-hybridized carbons (Fsp3) is 0.296. The van der Waals surface area contributed by atoms with Crippen molar-refractivity contribution in [2.75, 3.05) is 26.7 Å². The van der Waals surface area contributed by atoms with Crippen LogP contribution in [0.4, 0.5) is 0 Å². The molecule has 0 aliphatic carbocycles. The SMILES string of the molecule is COc1ccccc1-c1ccc(CC2(C(N)=O)CCN(CCc3ccccc3)C2)cc1. The highest BCUT2D eigenvalue weighted by atomic mass is 16.5. The molecule has 1 aliphatic rings. The average Bonchev–Trinajstić information content (AvgIpc) is 3.23. The molecule has 1 saturated heterocycles. The summed E-state index contributed by atoms with van der Waals surface area (Å²) in [6.07, 6.45) is 2.48. The van der Waals surface area contributed by atoms with Gasteiger partial charge in [-0.05, 0) is 48.6 Å². The Morgan fingerprint density at radius 3 is 2.39 bits per heavy atom. The molecular formula is C27H30N2O2. The molecule has 1 aliphatic heterocycles. The third-order valence-electron chi connectivity index (χ3n) is 6.43. The predicted molar refractivity (Wildman–Crippen MR) is 125 cm³/mol. The summed E-state index contributed by atoms with van der Waals surface area (Å²) in [6, 6.07) is 26.9. The second kappa shape index (κ2) is 9.36. The number of hydrogen-bond acceptors (Lipinski definition) is 3. The summed E-state index contributed by atoms with van der Waals surface area (Å²) in [6.45, 7) is 2.59. The van der Waals surface area contributed by atoms with Crippen LogP contribution in [0.2, 0.25) is 0 Å². The maximum absolute atomic E-state index is 12.5. The molecular weight excluding hydrogens is 384 g/mol. The van der Waals surface area contributed by atoms with Gasteiger partial charge in [-0.2, -0.15) is 0 Å². The van der Waals surface area contributed by atoms with E-state index in [-0.39, 0.29) is 5.91 Å². The van der Waals surface area contributed by atoms with Crippen LogP contribution in [-0.2, 0) is 17.6 Å². The molecule has 0 bridgehead atoms. The van der Waals surface area contributed by atoms with Crippen molar-refractivity contribution >= 4 is 5.91 Å². The van der Waals surface area contributed by atoms with E-state index in [1.807, 2.05) is 24.3 Å². The molecule has 0 saturated carbocycles. The van der Waals surface area contributed by atoms with Crippen molar-refractivity contribution in [2.45, 2.75) is 19.3 Å². The first-order chi connectivity index (χ1) is 15.1. The van der Waals surface area contributed by atoms with Gasteiger partial charge in [0.2, 0.25) is 5.91 Å². The van der Waals surface area contributed by atoms with Crippen LogP contribution in [0.3, 0.4) is 0 Å². The number of ether oxygens (including phenoxy) is 1. The second-order valence-electron chi connectivity index (χ2n) is 8.48. The van der Waals surface area contributed by atoms with Crippen LogP contribution in [0.5, 0.6) is 5.75 Å². The Morgan fingerprint density at radius 2 is 1.68 bits per heavy atom. The zero-order valence-electron chi connectivity index (χ0n) is 18.1. The van der Waals surface area contributed by atoms with Gasteiger partial charge in [0.15, 0.2) is 0 Å². The number of likely N-dealkylation sites (tertiary alicyclic amines) is 1. The topological polar surface area (TPSA) is 55.6 Å². The molecule has 3 aromatic carbocycles. The number of rotatable bonds is 8. The van der Waals surface area contributed by atoms with E-state index in [0.717, 1.165) is 54.9 Å². The van der Waals surface area contributed by atoms with Crippen LogP contribution >= 0.6 is 0 Å². The van der Waals surface area contributed by atoms with Crippen molar-refractivity contribution in [3.05, 3.63) is 90.0 Å². The van der Waals surface area contributed by atoms with E-state index in [1.165, 1.54) is 5.56 Å². The number of amides is 1. The number of methoxy groups -OCH3 is 1. The zero-order valence-corrected chi connectivity index (χ0v) is 18.1. The Labute approximate surface area is 184 Å². The van der Waals surface area contributed by atoms with Gasteiger partial charge in [-0.25, -0.2) is 0 Å². The Hall–Kier alpha value is -3.11. The lowest BCUT2D eigenvalue weighted by molar-refractivity contribution is -0.127. The molecule has 1 heterocycles. The van der Waals surface area contributed by atoms with Crippen LogP contribution in [0.25, 0.3) is 11.1 Å². The van der Waals surface area contributed by atoms with Gasteiger partial charge in [0.1, 0.15) is 5.75 Å². The molecule has 4 rings (SSSR count). The molecule has 1 fully saturated rings. The molecule has 2 N–H and O–H groups in total. The molecule has 31 heavy (non-hydrogen) atoms. The smallest absolute Gasteiger partial charge is 0.225 e. The zero-order chi connectivity index (χ0) is 21.7. The monoisotopic (exact) mass is 414 g/mol. The summed E-state index contributed by atoms with van der Waals surface area (Å²) in [4.78, 5) is 14.9. The minimum atomic E-state index is -0.497. The molecule has 0 radical (unpaired) electrons. The van der Waals surface area contributed by atoms with Gasteiger partial charge in [0.05, 0.1) is 12.5 Å². The van der Waals surface area contributed by atoms with Crippen molar-refractivity contribution in [3.63, 3.8) is 0 Å². The van der Waals surface area contributed by atoms with Crippen LogP contribution in [0.15, 0.2) is 78.9 Å². The lowest BCUT2D eigenvalue weighted by atomic mass is 9.80. The number of carbonyl (C=O) groups excluding carboxylic acids is 1. The highest BCUT2D eigenvalue weighted by molar-refractivity contribution is 5.82. The highest BCUT2D eigenvalue weighted by Gasteiger charge is 2.43. The number of nitrogens with zero attached hydrogens (tertiary/aromatic N) is 1. The van der Waals surface area contributed by atoms with Crippen LogP contribution < -0.4 is 10.5 Å². The third-order valence-corrected chi connectivity index (χ3v) is 6.43. The number of primary amides is 1. The van der Waals surface area contributed by atoms with Crippen molar-refractivity contribution < 1.29 is 9.53 Å². The minimum Gasteiger partial charge on any atom is -0.496 e. The van der Waals surface area contributed by atoms with Crippen molar-refractivity contribution in [1.29, 1.82) is 0 Å². The molecule has 0 aromatic heterocycles. The maximum atomic E-state index is 12.5. The van der Waals surface area contributed by atoms with E-state index in [0.29, 0.717) is 6.42 Å². The number of benzene rings is 3. The van der Waals surface area contributed by atoms with Crippen molar-refractivity contribution in [3.8, 4) is 16.9 Å². The normalized spacial score (nSPS) is 18.7.